The summed E-state index contributed by atoms with van der Waals surface area (Å²) in [5.41, 5.74) is 4.84. The first kappa shape index (κ1) is 17.0. The van der Waals surface area contributed by atoms with Gasteiger partial charge in [0.1, 0.15) is 18.3 Å². The standard InChI is InChI=1S/C10H14N5O8P/c11-10-13-7-4(8(18)14-10)12-2-15(7)9-6(17)5(16)3(23-9)1-22-24(19,20)21/h2-3,5-6,9,16-17H,1H2,(H2,19,20,21)(H3,11,13,14,18)/t3-,5-,6+,9-/m0/s1/i11+1,12+1,13+1,14+1,15+1. The third-order valence-electron chi connectivity index (χ3n) is 3.47. The number of hydrogen-bond acceptors (Lipinski definition) is 9. The Morgan fingerprint density at radius 2 is 2.12 bits per heavy atom. The van der Waals surface area contributed by atoms with Gasteiger partial charge in [0, 0.05) is 0 Å². The van der Waals surface area contributed by atoms with Gasteiger partial charge in [-0.2, -0.15) is 4.98 Å². The Balaban J connectivity index is 1.90. The minimum absolute atomic E-state index is 0.0176. The van der Waals surface area contributed by atoms with Crippen LogP contribution in [0.5, 0.6) is 0 Å². The second kappa shape index (κ2) is 5.89. The van der Waals surface area contributed by atoms with Gasteiger partial charge in [0.25, 0.3) is 5.56 Å². The van der Waals surface area contributed by atoms with Crippen molar-refractivity contribution in [3.05, 3.63) is 16.7 Å². The second-order valence-corrected chi connectivity index (χ2v) is 6.35. The predicted octanol–water partition coefficient (Wildman–Crippen LogP) is -2.57. The minimum Gasteiger partial charge on any atom is -0.387 e. The van der Waals surface area contributed by atoms with Crippen molar-refractivity contribution in [3.63, 3.8) is 0 Å². The van der Waals surface area contributed by atoms with Crippen molar-refractivity contribution in [1.82, 2.24) is 19.5 Å². The molecule has 2 aromatic heterocycles. The highest BCUT2D eigenvalue weighted by atomic mass is 31.2. The normalized spacial score (nSPS) is 27.8. The summed E-state index contributed by atoms with van der Waals surface area (Å²) in [5, 5.41) is 20.1. The Kier molecular flexibility index (Phi) is 4.17. The van der Waals surface area contributed by atoms with E-state index in [-0.39, 0.29) is 17.1 Å². The number of phosphoric ester groups is 1. The molecule has 0 aromatic carbocycles. The summed E-state index contributed by atoms with van der Waals surface area (Å²) >= 11 is 0. The number of anilines is 1. The molecule has 3 rings (SSSR count). The van der Waals surface area contributed by atoms with Gasteiger partial charge in [-0.05, 0) is 0 Å². The van der Waals surface area contributed by atoms with Crippen molar-refractivity contribution < 1.29 is 33.8 Å². The number of aromatic nitrogens is 4. The van der Waals surface area contributed by atoms with Crippen LogP contribution in [0.4, 0.5) is 5.95 Å². The molecule has 24 heavy (non-hydrogen) atoms. The maximum absolute atomic E-state index is 11.7. The molecule has 132 valence electrons. The first-order valence-corrected chi connectivity index (χ1v) is 8.14. The predicted molar refractivity (Wildman–Crippen MR) is 76.5 cm³/mol. The van der Waals surface area contributed by atoms with E-state index in [1.807, 2.05) is 0 Å². The average molecular weight is 368 g/mol. The Morgan fingerprint density at radius 3 is 2.79 bits per heavy atom. The van der Waals surface area contributed by atoms with Crippen LogP contribution in [0.25, 0.3) is 11.2 Å². The van der Waals surface area contributed by atoms with Crippen molar-refractivity contribution in [2.45, 2.75) is 24.5 Å². The van der Waals surface area contributed by atoms with E-state index < -0.39 is 44.5 Å². The number of ether oxygens (including phenoxy) is 1. The van der Waals surface area contributed by atoms with Crippen LogP contribution in [0.15, 0.2) is 11.1 Å². The Labute approximate surface area is 132 Å². The van der Waals surface area contributed by atoms with Crippen molar-refractivity contribution in [1.29, 1.82) is 0 Å². The van der Waals surface area contributed by atoms with Crippen LogP contribution in [0.1, 0.15) is 6.23 Å². The smallest absolute Gasteiger partial charge is 0.387 e. The molecule has 2 aromatic rings. The fraction of sp³-hybridized carbons (Fsp3) is 0.500. The highest BCUT2D eigenvalue weighted by Gasteiger charge is 2.45. The molecule has 1 aliphatic heterocycles. The highest BCUT2D eigenvalue weighted by Crippen LogP contribution is 2.38. The second-order valence-electron chi connectivity index (χ2n) is 5.11. The molecule has 3 heterocycles. The number of nitrogens with zero attached hydrogens (tertiary/aromatic N) is 3. The summed E-state index contributed by atoms with van der Waals surface area (Å²) in [4.78, 5) is 39.1. The molecule has 1 fully saturated rings. The van der Waals surface area contributed by atoms with Crippen LogP contribution in [0.3, 0.4) is 0 Å². The summed E-state index contributed by atoms with van der Waals surface area (Å²) < 4.78 is 21.6. The van der Waals surface area contributed by atoms with E-state index in [1.54, 1.807) is 0 Å². The zero-order valence-electron chi connectivity index (χ0n) is 11.9. The number of rotatable bonds is 4. The summed E-state index contributed by atoms with van der Waals surface area (Å²) in [6.45, 7) is -0.651. The van der Waals surface area contributed by atoms with Gasteiger partial charge < -0.3 is 30.5 Å². The lowest BCUT2D eigenvalue weighted by molar-refractivity contribution is -0.0503. The number of nitrogen functional groups attached to an aromatic ring is 1. The number of aliphatic hydroxyl groups excluding tert-OH is 2. The fourth-order valence-corrected chi connectivity index (χ4v) is 2.74. The molecule has 0 radical (unpaired) electrons. The maximum Gasteiger partial charge on any atom is 0.469 e. The van der Waals surface area contributed by atoms with E-state index >= 15 is 0 Å². The molecule has 0 aliphatic carbocycles. The first-order chi connectivity index (χ1) is 11.2. The number of aromatic amines is 1. The van der Waals surface area contributed by atoms with Crippen LogP contribution >= 0.6 is 7.82 Å². The number of hydrogen-bond donors (Lipinski definition) is 6. The molecule has 1 aliphatic rings. The largest absolute Gasteiger partial charge is 0.469 e. The van der Waals surface area contributed by atoms with Crippen molar-refractivity contribution in [3.8, 4) is 0 Å². The number of nitrogens with two attached hydrogens (primary N) is 1. The van der Waals surface area contributed by atoms with Gasteiger partial charge in [0.05, 0.1) is 12.9 Å². The van der Waals surface area contributed by atoms with Gasteiger partial charge >= 0.3 is 7.82 Å². The number of imidazole rings is 1. The number of H-pyrrole nitrogens is 1. The first-order valence-electron chi connectivity index (χ1n) is 6.61. The Morgan fingerprint density at radius 1 is 1.42 bits per heavy atom. The lowest BCUT2D eigenvalue weighted by atomic mass is 10.1. The zero-order chi connectivity index (χ0) is 17.6. The molecule has 4 atom stereocenters. The van der Waals surface area contributed by atoms with Gasteiger partial charge in [0.15, 0.2) is 17.4 Å². The average Bonchev–Trinajstić information content (AvgIpc) is 3.00. The molecular formula is C10H14N5O8P. The molecule has 13 nitrogen and oxygen atoms in total. The molecule has 0 spiro atoms. The van der Waals surface area contributed by atoms with E-state index in [0.717, 1.165) is 0 Å². The van der Waals surface area contributed by atoms with E-state index in [0.29, 0.717) is 0 Å². The van der Waals surface area contributed by atoms with Gasteiger partial charge in [-0.1, -0.05) is 0 Å². The Hall–Kier alpha value is -1.86. The summed E-state index contributed by atoms with van der Waals surface area (Å²) in [6, 6.07) is 0. The van der Waals surface area contributed by atoms with Crippen molar-refractivity contribution in [2.75, 3.05) is 12.3 Å². The van der Waals surface area contributed by atoms with Crippen molar-refractivity contribution in [2.24, 2.45) is 0 Å². The van der Waals surface area contributed by atoms with Crippen LogP contribution < -0.4 is 11.3 Å². The summed E-state index contributed by atoms with van der Waals surface area (Å²) in [5.74, 6) is -0.177. The monoisotopic (exact) mass is 368 g/mol. The molecular weight excluding hydrogens is 354 g/mol. The summed E-state index contributed by atoms with van der Waals surface area (Å²) in [6.07, 6.45) is -4.22. The van der Waals surface area contributed by atoms with Gasteiger partial charge in [-0.15, -0.1) is 0 Å². The number of aliphatic hydroxyl groups is 2. The topological polar surface area (TPSA) is 206 Å². The lowest BCUT2D eigenvalue weighted by Gasteiger charge is -2.16. The number of phosphoric acid groups is 1. The Bertz CT molecular complexity index is 861. The molecule has 1 saturated heterocycles. The highest BCUT2D eigenvalue weighted by molar-refractivity contribution is 7.46. The van der Waals surface area contributed by atoms with Gasteiger partial charge in [-0.3, -0.25) is 18.9 Å². The zero-order valence-corrected chi connectivity index (χ0v) is 12.8. The van der Waals surface area contributed by atoms with Crippen LogP contribution in [-0.2, 0) is 13.8 Å². The quantitative estimate of drug-likeness (QED) is 0.244. The molecule has 0 amide bonds. The number of nitrogens with one attached hydrogen (secondary N) is 1. The maximum atomic E-state index is 11.7. The molecule has 0 bridgehead atoms. The lowest BCUT2D eigenvalue weighted by Crippen LogP contribution is -2.33. The third-order valence-corrected chi connectivity index (χ3v) is 3.95. The van der Waals surface area contributed by atoms with Gasteiger partial charge in [-0.25, -0.2) is 9.55 Å². The van der Waals surface area contributed by atoms with E-state index in [4.69, 9.17) is 20.3 Å². The summed E-state index contributed by atoms with van der Waals surface area (Å²) in [7, 11) is -4.76. The molecule has 0 saturated carbocycles. The minimum atomic E-state index is -4.76. The van der Waals surface area contributed by atoms with Crippen LogP contribution in [0.2, 0.25) is 0 Å². The molecule has 14 heteroatoms. The molecule has 0 unspecified atom stereocenters. The van der Waals surface area contributed by atoms with Crippen molar-refractivity contribution >= 4 is 24.9 Å². The van der Waals surface area contributed by atoms with Crippen LogP contribution in [0, 0.1) is 0 Å². The SMILES string of the molecule is [15NH2]c1[15n]c2c([15n]c[15n]2[C@H]2O[C@@H](COP(=O)(O)O)[C@H](O)[C@H]2O)c(=O)[15nH]1. The van der Waals surface area contributed by atoms with E-state index in [1.165, 1.54) is 10.9 Å². The fourth-order valence-electron chi connectivity index (χ4n) is 2.40. The van der Waals surface area contributed by atoms with E-state index in [9.17, 15) is 19.6 Å². The molecule has 7 N–H and O–H groups in total. The van der Waals surface area contributed by atoms with Crippen LogP contribution in [-0.4, -0.2) is 64.4 Å². The van der Waals surface area contributed by atoms with E-state index in [2.05, 4.69) is 19.5 Å². The third kappa shape index (κ3) is 3.06. The van der Waals surface area contributed by atoms with Gasteiger partial charge in [0.2, 0.25) is 5.95 Å². The number of fused-ring (bicyclic) bond motifs is 1.